The van der Waals surface area contributed by atoms with Crippen molar-refractivity contribution in [2.45, 2.75) is 69.2 Å². The van der Waals surface area contributed by atoms with Gasteiger partial charge in [0, 0.05) is 56.2 Å². The predicted octanol–water partition coefficient (Wildman–Crippen LogP) is 3.15. The molecule has 36 heavy (non-hydrogen) atoms. The van der Waals surface area contributed by atoms with Gasteiger partial charge in [-0.15, -0.1) is 0 Å². The van der Waals surface area contributed by atoms with Crippen LogP contribution in [0.1, 0.15) is 56.2 Å². The van der Waals surface area contributed by atoms with Crippen molar-refractivity contribution in [3.05, 3.63) is 59.2 Å². The molecule has 2 aromatic carbocycles. The molecule has 5 rings (SSSR count). The van der Waals surface area contributed by atoms with Gasteiger partial charge < -0.3 is 25.4 Å². The van der Waals surface area contributed by atoms with Crippen molar-refractivity contribution in [3.8, 4) is 5.75 Å². The van der Waals surface area contributed by atoms with Crippen molar-refractivity contribution in [2.75, 3.05) is 18.0 Å². The molecule has 0 aromatic heterocycles. The van der Waals surface area contributed by atoms with Gasteiger partial charge in [-0.3, -0.25) is 9.59 Å². The molecule has 2 amide bonds. The Labute approximate surface area is 208 Å². The quantitative estimate of drug-likeness (QED) is 0.486. The highest BCUT2D eigenvalue weighted by Gasteiger charge is 2.46. The van der Waals surface area contributed by atoms with Crippen molar-refractivity contribution in [1.29, 1.82) is 0 Å². The minimum Gasteiger partial charge on any atom is -0.487 e. The first-order chi connectivity index (χ1) is 17.2. The van der Waals surface area contributed by atoms with Crippen molar-refractivity contribution in [3.63, 3.8) is 0 Å². The highest BCUT2D eigenvalue weighted by molar-refractivity contribution is 5.99. The van der Waals surface area contributed by atoms with Gasteiger partial charge in [-0.05, 0) is 61.6 Å². The molecule has 2 heterocycles. The number of amides is 2. The summed E-state index contributed by atoms with van der Waals surface area (Å²) in [6, 6.07) is 8.13. The van der Waals surface area contributed by atoms with Gasteiger partial charge in [0.25, 0.3) is 0 Å². The van der Waals surface area contributed by atoms with E-state index in [4.69, 9.17) is 4.74 Å². The van der Waals surface area contributed by atoms with Crippen LogP contribution in [0.3, 0.4) is 0 Å². The SMILES string of the molecule is CC(=O)N[C@@H](Cc1cc(F)cc(F)c1)[C@H](O)CN[C@H]1CC2(CCC2)Oc2ccc(N3CCC3=O)cc21. The number of fused-ring (bicyclic) bond motifs is 1. The Hall–Kier alpha value is -3.04. The van der Waals surface area contributed by atoms with E-state index in [1.54, 1.807) is 4.90 Å². The van der Waals surface area contributed by atoms with E-state index in [9.17, 15) is 23.5 Å². The van der Waals surface area contributed by atoms with Crippen LogP contribution in [0.4, 0.5) is 14.5 Å². The zero-order chi connectivity index (χ0) is 25.4. The Morgan fingerprint density at radius 2 is 1.97 bits per heavy atom. The van der Waals surface area contributed by atoms with Crippen molar-refractivity contribution in [1.82, 2.24) is 10.6 Å². The lowest BCUT2D eigenvalue weighted by molar-refractivity contribution is -0.122. The molecule has 3 N–H and O–H groups in total. The maximum atomic E-state index is 13.7. The largest absolute Gasteiger partial charge is 0.487 e. The number of hydrogen-bond acceptors (Lipinski definition) is 5. The second-order valence-electron chi connectivity index (χ2n) is 10.2. The molecule has 0 radical (unpaired) electrons. The number of ether oxygens (including phenoxy) is 1. The Morgan fingerprint density at radius 1 is 1.22 bits per heavy atom. The molecular formula is C27H31F2N3O4. The summed E-state index contributed by atoms with van der Waals surface area (Å²) in [4.78, 5) is 25.5. The molecule has 2 aromatic rings. The topological polar surface area (TPSA) is 90.9 Å². The van der Waals surface area contributed by atoms with Gasteiger partial charge >= 0.3 is 0 Å². The molecule has 1 spiro atoms. The minimum absolute atomic E-state index is 0.0760. The normalized spacial score (nSPS) is 21.6. The molecule has 192 valence electrons. The third-order valence-electron chi connectivity index (χ3n) is 7.50. The number of β-lactam (4-membered cyclic amide) rings is 1. The monoisotopic (exact) mass is 499 g/mol. The van der Waals surface area contributed by atoms with E-state index >= 15 is 0 Å². The average Bonchev–Trinajstić information content (AvgIpc) is 2.79. The first kappa shape index (κ1) is 24.6. The Bertz CT molecular complexity index is 1150. The fourth-order valence-electron chi connectivity index (χ4n) is 5.41. The van der Waals surface area contributed by atoms with Gasteiger partial charge in [0.1, 0.15) is 23.0 Å². The summed E-state index contributed by atoms with van der Waals surface area (Å²) in [5.74, 6) is -0.891. The number of aliphatic hydroxyl groups is 1. The lowest BCUT2D eigenvalue weighted by Crippen LogP contribution is -2.52. The van der Waals surface area contributed by atoms with E-state index in [-0.39, 0.29) is 36.4 Å². The average molecular weight is 500 g/mol. The first-order valence-electron chi connectivity index (χ1n) is 12.5. The molecule has 1 aliphatic carbocycles. The number of anilines is 1. The van der Waals surface area contributed by atoms with Crippen molar-refractivity contribution >= 4 is 17.5 Å². The number of nitrogens with zero attached hydrogens (tertiary/aromatic N) is 1. The standard InChI is InChI=1S/C27H31F2N3O4/c1-16(33)31-22(11-17-9-18(28)12-19(29)10-17)24(34)15-30-23-14-27(6-2-7-27)36-25-4-3-20(13-21(23)25)32-8-5-26(32)35/h3-4,9-10,12-13,22-24,30,34H,2,5-8,11,14-15H2,1H3,(H,31,33)/t22-,23-,24+/m0/s1. The van der Waals surface area contributed by atoms with Crippen LogP contribution in [0, 0.1) is 11.6 Å². The summed E-state index contributed by atoms with van der Waals surface area (Å²) >= 11 is 0. The van der Waals surface area contributed by atoms with Crippen LogP contribution in [-0.2, 0) is 16.0 Å². The summed E-state index contributed by atoms with van der Waals surface area (Å²) < 4.78 is 33.8. The maximum Gasteiger partial charge on any atom is 0.228 e. The number of rotatable bonds is 8. The lowest BCUT2D eigenvalue weighted by Gasteiger charge is -2.48. The van der Waals surface area contributed by atoms with E-state index in [2.05, 4.69) is 10.6 Å². The Balaban J connectivity index is 1.33. The second kappa shape index (κ2) is 9.78. The van der Waals surface area contributed by atoms with Crippen molar-refractivity contribution in [2.24, 2.45) is 0 Å². The molecule has 1 saturated carbocycles. The summed E-state index contributed by atoms with van der Waals surface area (Å²) in [6.45, 7) is 2.18. The highest BCUT2D eigenvalue weighted by atomic mass is 19.1. The van der Waals surface area contributed by atoms with Crippen LogP contribution in [0.15, 0.2) is 36.4 Å². The van der Waals surface area contributed by atoms with Gasteiger partial charge in [-0.25, -0.2) is 8.78 Å². The molecule has 1 saturated heterocycles. The molecule has 0 unspecified atom stereocenters. The second-order valence-corrected chi connectivity index (χ2v) is 10.2. The number of nitrogens with one attached hydrogen (secondary N) is 2. The minimum atomic E-state index is -1.01. The summed E-state index contributed by atoms with van der Waals surface area (Å²) in [5, 5.41) is 17.2. The lowest BCUT2D eigenvalue weighted by atomic mass is 9.73. The van der Waals surface area contributed by atoms with Crippen LogP contribution in [0.25, 0.3) is 0 Å². The van der Waals surface area contributed by atoms with Crippen LogP contribution in [0.5, 0.6) is 5.75 Å². The maximum absolute atomic E-state index is 13.7. The fraction of sp³-hybridized carbons (Fsp3) is 0.481. The van der Waals surface area contributed by atoms with Gasteiger partial charge in [-0.2, -0.15) is 0 Å². The van der Waals surface area contributed by atoms with Crippen LogP contribution in [-0.4, -0.2) is 47.8 Å². The predicted molar refractivity (Wildman–Crippen MR) is 130 cm³/mol. The zero-order valence-corrected chi connectivity index (χ0v) is 20.2. The van der Waals surface area contributed by atoms with E-state index in [1.807, 2.05) is 18.2 Å². The van der Waals surface area contributed by atoms with Gasteiger partial charge in [0.05, 0.1) is 12.1 Å². The molecule has 9 heteroatoms. The Morgan fingerprint density at radius 3 is 2.56 bits per heavy atom. The fourth-order valence-corrected chi connectivity index (χ4v) is 5.41. The summed E-state index contributed by atoms with van der Waals surface area (Å²) in [7, 11) is 0. The van der Waals surface area contributed by atoms with E-state index in [0.29, 0.717) is 18.5 Å². The molecular weight excluding hydrogens is 468 g/mol. The number of halogens is 2. The summed E-state index contributed by atoms with van der Waals surface area (Å²) in [6.07, 6.45) is 3.35. The molecule has 7 nitrogen and oxygen atoms in total. The Kier molecular flexibility index (Phi) is 6.70. The van der Waals surface area contributed by atoms with Gasteiger partial charge in [0.15, 0.2) is 0 Å². The van der Waals surface area contributed by atoms with E-state index in [0.717, 1.165) is 48.8 Å². The highest BCUT2D eigenvalue weighted by Crippen LogP contribution is 2.49. The number of carbonyl (C=O) groups excluding carboxylic acids is 2. The first-order valence-corrected chi connectivity index (χ1v) is 12.5. The van der Waals surface area contributed by atoms with Crippen LogP contribution in [0.2, 0.25) is 0 Å². The zero-order valence-electron chi connectivity index (χ0n) is 20.2. The molecule has 2 fully saturated rings. The molecule has 3 aliphatic rings. The van der Waals surface area contributed by atoms with Crippen LogP contribution >= 0.6 is 0 Å². The number of hydrogen-bond donors (Lipinski definition) is 3. The van der Waals surface area contributed by atoms with Crippen LogP contribution < -0.4 is 20.3 Å². The third kappa shape index (κ3) is 5.08. The molecule has 2 aliphatic heterocycles. The summed E-state index contributed by atoms with van der Waals surface area (Å²) in [5.41, 5.74) is 1.87. The van der Waals surface area contributed by atoms with Gasteiger partial charge in [-0.1, -0.05) is 0 Å². The van der Waals surface area contributed by atoms with E-state index < -0.39 is 23.8 Å². The van der Waals surface area contributed by atoms with E-state index in [1.165, 1.54) is 19.1 Å². The molecule has 0 bridgehead atoms. The number of benzene rings is 2. The smallest absolute Gasteiger partial charge is 0.228 e. The third-order valence-corrected chi connectivity index (χ3v) is 7.50. The van der Waals surface area contributed by atoms with Gasteiger partial charge in [0.2, 0.25) is 11.8 Å². The number of aliphatic hydroxyl groups excluding tert-OH is 1. The molecule has 3 atom stereocenters. The number of carbonyl (C=O) groups is 2. The van der Waals surface area contributed by atoms with Crippen molar-refractivity contribution < 1.29 is 28.2 Å².